The zero-order valence-electron chi connectivity index (χ0n) is 17.4. The number of sulfonamides is 1. The summed E-state index contributed by atoms with van der Waals surface area (Å²) in [7, 11) is -4.01. The standard InChI is InChI=1S/C21H25N5O4S/c1-3-5-13-22-21(28)25-31(29,30)16-11-9-15(10-12-16)23-20(27)19-17(4-2)24-18-8-6-7-14-26(18)19/h6-12,14H,3-5,13H2,1-2H3,(H,23,27)(H2,22,25,28). The number of imidazole rings is 1. The van der Waals surface area contributed by atoms with Crippen molar-refractivity contribution in [2.75, 3.05) is 11.9 Å². The highest BCUT2D eigenvalue weighted by Crippen LogP contribution is 2.18. The second-order valence-corrected chi connectivity index (χ2v) is 8.57. The number of benzene rings is 1. The van der Waals surface area contributed by atoms with Gasteiger partial charge in [-0.05, 0) is 49.2 Å². The molecule has 0 fully saturated rings. The molecule has 3 N–H and O–H groups in total. The topological polar surface area (TPSA) is 122 Å². The van der Waals surface area contributed by atoms with Gasteiger partial charge < -0.3 is 10.6 Å². The van der Waals surface area contributed by atoms with Crippen LogP contribution in [0.2, 0.25) is 0 Å². The van der Waals surface area contributed by atoms with E-state index >= 15 is 0 Å². The molecule has 164 valence electrons. The number of pyridine rings is 1. The normalized spacial score (nSPS) is 11.3. The first kappa shape index (κ1) is 22.3. The minimum Gasteiger partial charge on any atom is -0.337 e. The molecule has 0 aliphatic carbocycles. The van der Waals surface area contributed by atoms with Crippen LogP contribution in [0, 0.1) is 0 Å². The van der Waals surface area contributed by atoms with Crippen molar-refractivity contribution in [3.63, 3.8) is 0 Å². The van der Waals surface area contributed by atoms with Gasteiger partial charge in [0.05, 0.1) is 10.6 Å². The molecule has 0 unspecified atom stereocenters. The molecule has 0 bridgehead atoms. The van der Waals surface area contributed by atoms with E-state index in [2.05, 4.69) is 15.6 Å². The van der Waals surface area contributed by atoms with Crippen molar-refractivity contribution in [3.05, 3.63) is 60.0 Å². The summed E-state index contributed by atoms with van der Waals surface area (Å²) in [4.78, 5) is 29.0. The van der Waals surface area contributed by atoms with Crippen LogP contribution in [0.1, 0.15) is 42.9 Å². The average molecular weight is 444 g/mol. The van der Waals surface area contributed by atoms with Crippen LogP contribution in [-0.2, 0) is 16.4 Å². The summed E-state index contributed by atoms with van der Waals surface area (Å²) < 4.78 is 28.4. The highest BCUT2D eigenvalue weighted by Gasteiger charge is 2.20. The van der Waals surface area contributed by atoms with Crippen molar-refractivity contribution in [2.24, 2.45) is 0 Å². The van der Waals surface area contributed by atoms with Crippen LogP contribution in [-0.4, -0.2) is 36.3 Å². The molecule has 10 heteroatoms. The van der Waals surface area contributed by atoms with Gasteiger partial charge in [-0.3, -0.25) is 9.20 Å². The van der Waals surface area contributed by atoms with Gasteiger partial charge in [-0.1, -0.05) is 26.3 Å². The third-order valence-electron chi connectivity index (χ3n) is 4.62. The van der Waals surface area contributed by atoms with Crippen LogP contribution in [0.15, 0.2) is 53.6 Å². The Bertz CT molecular complexity index is 1190. The Morgan fingerprint density at radius 3 is 2.48 bits per heavy atom. The number of nitrogens with zero attached hydrogens (tertiary/aromatic N) is 2. The van der Waals surface area contributed by atoms with Crippen LogP contribution in [0.4, 0.5) is 10.5 Å². The SMILES string of the molecule is CCCCNC(=O)NS(=O)(=O)c1ccc(NC(=O)c2c(CC)nc3ccccn23)cc1. The summed E-state index contributed by atoms with van der Waals surface area (Å²) in [5.74, 6) is -0.348. The number of fused-ring (bicyclic) bond motifs is 1. The fourth-order valence-electron chi connectivity index (χ4n) is 3.03. The zero-order valence-corrected chi connectivity index (χ0v) is 18.2. The number of hydrogen-bond donors (Lipinski definition) is 3. The van der Waals surface area contributed by atoms with E-state index < -0.39 is 16.1 Å². The number of urea groups is 1. The number of amides is 3. The minimum atomic E-state index is -4.01. The number of carbonyl (C=O) groups excluding carboxylic acids is 2. The lowest BCUT2D eigenvalue weighted by Gasteiger charge is -2.10. The highest BCUT2D eigenvalue weighted by molar-refractivity contribution is 7.90. The zero-order chi connectivity index (χ0) is 22.4. The molecular weight excluding hydrogens is 418 g/mol. The predicted octanol–water partition coefficient (Wildman–Crippen LogP) is 2.94. The van der Waals surface area contributed by atoms with Crippen LogP contribution < -0.4 is 15.4 Å². The summed E-state index contributed by atoms with van der Waals surface area (Å²) in [6.07, 6.45) is 4.00. The van der Waals surface area contributed by atoms with Gasteiger partial charge in [-0.15, -0.1) is 0 Å². The smallest absolute Gasteiger partial charge is 0.328 e. The van der Waals surface area contributed by atoms with Gasteiger partial charge in [0.1, 0.15) is 11.3 Å². The molecule has 0 aliphatic rings. The largest absolute Gasteiger partial charge is 0.337 e. The molecule has 3 rings (SSSR count). The molecule has 3 amide bonds. The molecule has 1 aromatic carbocycles. The average Bonchev–Trinajstić information content (AvgIpc) is 3.13. The molecule has 0 atom stereocenters. The number of rotatable bonds is 8. The van der Waals surface area contributed by atoms with E-state index in [0.717, 1.165) is 12.8 Å². The molecular formula is C21H25N5O4S. The number of carbonyl (C=O) groups is 2. The van der Waals surface area contributed by atoms with Crippen molar-refractivity contribution in [1.29, 1.82) is 0 Å². The molecule has 0 spiro atoms. The Kier molecular flexibility index (Phi) is 6.91. The lowest BCUT2D eigenvalue weighted by molar-refractivity contribution is 0.102. The Morgan fingerprint density at radius 2 is 1.81 bits per heavy atom. The summed E-state index contributed by atoms with van der Waals surface area (Å²) in [5.41, 5.74) is 2.19. The second kappa shape index (κ2) is 9.61. The van der Waals surface area contributed by atoms with E-state index in [0.29, 0.717) is 35.7 Å². The summed E-state index contributed by atoms with van der Waals surface area (Å²) in [6.45, 7) is 4.28. The van der Waals surface area contributed by atoms with Crippen LogP contribution >= 0.6 is 0 Å². The van der Waals surface area contributed by atoms with Gasteiger partial charge in [-0.2, -0.15) is 0 Å². The Morgan fingerprint density at radius 1 is 1.06 bits per heavy atom. The third kappa shape index (κ3) is 5.21. The molecule has 0 saturated carbocycles. The van der Waals surface area contributed by atoms with Crippen LogP contribution in [0.5, 0.6) is 0 Å². The van der Waals surface area contributed by atoms with E-state index in [1.807, 2.05) is 36.8 Å². The number of aryl methyl sites for hydroxylation is 1. The Balaban J connectivity index is 1.72. The van der Waals surface area contributed by atoms with E-state index in [-0.39, 0.29) is 10.8 Å². The number of hydrogen-bond acceptors (Lipinski definition) is 5. The summed E-state index contributed by atoms with van der Waals surface area (Å²) >= 11 is 0. The number of aromatic nitrogens is 2. The van der Waals surface area contributed by atoms with Gasteiger partial charge in [0.2, 0.25) is 0 Å². The number of nitrogens with one attached hydrogen (secondary N) is 3. The maximum absolute atomic E-state index is 12.9. The summed E-state index contributed by atoms with van der Waals surface area (Å²) in [6, 6.07) is 10.3. The lowest BCUT2D eigenvalue weighted by Crippen LogP contribution is -2.39. The monoisotopic (exact) mass is 443 g/mol. The van der Waals surface area contributed by atoms with E-state index in [1.54, 1.807) is 10.6 Å². The van der Waals surface area contributed by atoms with Crippen molar-refractivity contribution in [3.8, 4) is 0 Å². The molecule has 0 radical (unpaired) electrons. The van der Waals surface area contributed by atoms with E-state index in [9.17, 15) is 18.0 Å². The first-order valence-corrected chi connectivity index (χ1v) is 11.5. The molecule has 9 nitrogen and oxygen atoms in total. The van der Waals surface area contributed by atoms with Crippen molar-refractivity contribution in [1.82, 2.24) is 19.4 Å². The molecule has 2 aromatic heterocycles. The van der Waals surface area contributed by atoms with Crippen molar-refractivity contribution < 1.29 is 18.0 Å². The van der Waals surface area contributed by atoms with Crippen LogP contribution in [0.3, 0.4) is 0 Å². The quantitative estimate of drug-likeness (QED) is 0.462. The van der Waals surface area contributed by atoms with Gasteiger partial charge in [0, 0.05) is 18.4 Å². The van der Waals surface area contributed by atoms with Gasteiger partial charge >= 0.3 is 6.03 Å². The highest BCUT2D eigenvalue weighted by atomic mass is 32.2. The van der Waals surface area contributed by atoms with Gasteiger partial charge in [0.15, 0.2) is 0 Å². The molecule has 0 aliphatic heterocycles. The molecule has 2 heterocycles. The minimum absolute atomic E-state index is 0.0832. The number of anilines is 1. The van der Waals surface area contributed by atoms with E-state index in [1.165, 1.54) is 24.3 Å². The van der Waals surface area contributed by atoms with Crippen molar-refractivity contribution in [2.45, 2.75) is 38.0 Å². The fourth-order valence-corrected chi connectivity index (χ4v) is 3.96. The third-order valence-corrected chi connectivity index (χ3v) is 5.96. The molecule has 31 heavy (non-hydrogen) atoms. The van der Waals surface area contributed by atoms with Crippen molar-refractivity contribution >= 4 is 33.3 Å². The number of unbranched alkanes of at least 4 members (excludes halogenated alkanes) is 1. The van der Waals surface area contributed by atoms with Crippen LogP contribution in [0.25, 0.3) is 5.65 Å². The van der Waals surface area contributed by atoms with E-state index in [4.69, 9.17) is 0 Å². The maximum atomic E-state index is 12.9. The second-order valence-electron chi connectivity index (χ2n) is 6.88. The Hall–Kier alpha value is -3.40. The maximum Gasteiger partial charge on any atom is 0.328 e. The van der Waals surface area contributed by atoms with Gasteiger partial charge in [0.25, 0.3) is 15.9 Å². The fraction of sp³-hybridized carbons (Fsp3) is 0.286. The lowest BCUT2D eigenvalue weighted by atomic mass is 10.2. The summed E-state index contributed by atoms with van der Waals surface area (Å²) in [5, 5.41) is 5.26. The molecule has 0 saturated heterocycles. The first-order valence-electron chi connectivity index (χ1n) is 10.0. The first-order chi connectivity index (χ1) is 14.9. The Labute approximate surface area is 180 Å². The predicted molar refractivity (Wildman–Crippen MR) is 118 cm³/mol. The molecule has 3 aromatic rings. The van der Waals surface area contributed by atoms with Gasteiger partial charge in [-0.25, -0.2) is 22.9 Å².